The zero-order valence-electron chi connectivity index (χ0n) is 8.84. The maximum Gasteiger partial charge on any atom is 0.310 e. The van der Waals surface area contributed by atoms with Crippen molar-refractivity contribution in [3.05, 3.63) is 26.6 Å². The first-order valence-corrected chi connectivity index (χ1v) is 6.20. The molecule has 0 bridgehead atoms. The van der Waals surface area contributed by atoms with Gasteiger partial charge in [0, 0.05) is 3.57 Å². The lowest BCUT2D eigenvalue weighted by Gasteiger charge is -2.10. The second-order valence-electron chi connectivity index (χ2n) is 3.15. The Morgan fingerprint density at radius 3 is 2.76 bits per heavy atom. The molecule has 0 spiro atoms. The van der Waals surface area contributed by atoms with Gasteiger partial charge >= 0.3 is 5.97 Å². The van der Waals surface area contributed by atoms with Crippen LogP contribution in [0.2, 0.25) is 0 Å². The Balaban J connectivity index is 3.17. The first kappa shape index (κ1) is 14.6. The molecule has 1 aromatic heterocycles. The number of methoxy groups -OCH3 is 1. The Morgan fingerprint density at radius 1 is 1.65 bits per heavy atom. The van der Waals surface area contributed by atoms with Crippen LogP contribution in [0.1, 0.15) is 23.4 Å². The molecule has 0 amide bonds. The van der Waals surface area contributed by atoms with Crippen molar-refractivity contribution in [2.75, 3.05) is 7.11 Å². The summed E-state index contributed by atoms with van der Waals surface area (Å²) in [4.78, 5) is 14.9. The molecule has 0 fully saturated rings. The van der Waals surface area contributed by atoms with Gasteiger partial charge in [0.1, 0.15) is 5.69 Å². The van der Waals surface area contributed by atoms with Gasteiger partial charge in [-0.1, -0.05) is 0 Å². The molecule has 0 saturated carbocycles. The largest absolute Gasteiger partial charge is 0.469 e. The number of pyridine rings is 1. The van der Waals surface area contributed by atoms with Crippen LogP contribution in [0.4, 0.5) is 8.78 Å². The Labute approximate surface area is 116 Å². The van der Waals surface area contributed by atoms with Gasteiger partial charge in [0.15, 0.2) is 0 Å². The predicted octanol–water partition coefficient (Wildman–Crippen LogP) is 3.08. The van der Waals surface area contributed by atoms with Crippen LogP contribution < -0.4 is 0 Å². The first-order valence-electron chi connectivity index (χ1n) is 4.58. The molecule has 1 heterocycles. The molecule has 1 rings (SSSR count). The molecule has 0 N–H and O–H groups in total. The molecule has 0 aromatic carbocycles. The quantitative estimate of drug-likeness (QED) is 0.461. The van der Waals surface area contributed by atoms with Gasteiger partial charge in [-0.2, -0.15) is 0 Å². The number of halogens is 4. The molecule has 7 heteroatoms. The van der Waals surface area contributed by atoms with Gasteiger partial charge in [-0.3, -0.25) is 4.79 Å². The first-order chi connectivity index (χ1) is 7.99. The van der Waals surface area contributed by atoms with Crippen molar-refractivity contribution in [3.63, 3.8) is 0 Å². The monoisotopic (exact) mass is 375 g/mol. The molecule has 0 aliphatic rings. The van der Waals surface area contributed by atoms with Crippen LogP contribution in [-0.2, 0) is 21.8 Å². The summed E-state index contributed by atoms with van der Waals surface area (Å²) >= 11 is 7.55. The number of hydrogen-bond donors (Lipinski definition) is 0. The fraction of sp³-hybridized carbons (Fsp3) is 0.400. The number of carbonyl (C=O) groups excluding carboxylic acids is 1. The smallest absolute Gasteiger partial charge is 0.310 e. The van der Waals surface area contributed by atoms with Crippen molar-refractivity contribution in [2.24, 2.45) is 0 Å². The molecule has 0 radical (unpaired) electrons. The summed E-state index contributed by atoms with van der Waals surface area (Å²) in [5.41, 5.74) is 0.433. The number of carbonyl (C=O) groups is 1. The van der Waals surface area contributed by atoms with Crippen LogP contribution in [0.15, 0.2) is 6.07 Å². The molecule has 3 nitrogen and oxygen atoms in total. The predicted molar refractivity (Wildman–Crippen MR) is 67.2 cm³/mol. The molecule has 0 unspecified atom stereocenters. The summed E-state index contributed by atoms with van der Waals surface area (Å²) in [7, 11) is 1.24. The molecule has 0 aliphatic heterocycles. The third-order valence-electron chi connectivity index (χ3n) is 2.03. The fourth-order valence-corrected chi connectivity index (χ4v) is 2.30. The molecule has 94 valence electrons. The summed E-state index contributed by atoms with van der Waals surface area (Å²) in [6, 6.07) is 1.21. The third-order valence-corrected chi connectivity index (χ3v) is 3.60. The van der Waals surface area contributed by atoms with Gasteiger partial charge in [0.2, 0.25) is 0 Å². The highest BCUT2D eigenvalue weighted by molar-refractivity contribution is 14.1. The summed E-state index contributed by atoms with van der Waals surface area (Å²) in [5.74, 6) is -0.470. The van der Waals surface area contributed by atoms with Gasteiger partial charge in [-0.25, -0.2) is 13.8 Å². The third kappa shape index (κ3) is 3.74. The van der Waals surface area contributed by atoms with E-state index in [1.54, 1.807) is 0 Å². The van der Waals surface area contributed by atoms with Gasteiger partial charge in [-0.05, 0) is 34.2 Å². The number of esters is 1. The number of nitrogens with zero attached hydrogens (tertiary/aromatic N) is 1. The van der Waals surface area contributed by atoms with E-state index in [0.29, 0.717) is 14.8 Å². The van der Waals surface area contributed by atoms with E-state index in [-0.39, 0.29) is 18.0 Å². The van der Waals surface area contributed by atoms with Crippen LogP contribution in [0.5, 0.6) is 0 Å². The van der Waals surface area contributed by atoms with Gasteiger partial charge < -0.3 is 4.74 Å². The molecule has 0 atom stereocenters. The van der Waals surface area contributed by atoms with E-state index in [1.165, 1.54) is 13.2 Å². The second-order valence-corrected chi connectivity index (χ2v) is 4.50. The van der Waals surface area contributed by atoms with Crippen molar-refractivity contribution >= 4 is 40.2 Å². The van der Waals surface area contributed by atoms with Crippen molar-refractivity contribution in [3.8, 4) is 0 Å². The number of ether oxygens (including phenoxy) is 1. The minimum atomic E-state index is -2.69. The highest BCUT2D eigenvalue weighted by Crippen LogP contribution is 2.25. The average Bonchev–Trinajstić information content (AvgIpc) is 2.31. The molecule has 0 aliphatic carbocycles. The molecular formula is C10H9ClF2INO2. The summed E-state index contributed by atoms with van der Waals surface area (Å²) in [6.45, 7) is 0. The van der Waals surface area contributed by atoms with E-state index >= 15 is 0 Å². The number of rotatable bonds is 4. The highest BCUT2D eigenvalue weighted by atomic mass is 127. The van der Waals surface area contributed by atoms with Crippen LogP contribution in [0.25, 0.3) is 0 Å². The van der Waals surface area contributed by atoms with E-state index in [4.69, 9.17) is 11.6 Å². The standard InChI is InChI=1S/C10H9ClF2INO2/c1-17-8(16)3-5-2-6(10(12)13)15-7(4-11)9(5)14/h2,10H,3-4H2,1H3. The molecular weight excluding hydrogens is 366 g/mol. The lowest BCUT2D eigenvalue weighted by atomic mass is 10.1. The van der Waals surface area contributed by atoms with Gasteiger partial charge in [-0.15, -0.1) is 11.6 Å². The van der Waals surface area contributed by atoms with Crippen LogP contribution in [0, 0.1) is 3.57 Å². The lowest BCUT2D eigenvalue weighted by Crippen LogP contribution is -2.09. The second kappa shape index (κ2) is 6.44. The highest BCUT2D eigenvalue weighted by Gasteiger charge is 2.17. The summed E-state index contributed by atoms with van der Waals surface area (Å²) in [5, 5.41) is 0. The maximum atomic E-state index is 12.6. The normalized spacial score (nSPS) is 10.7. The topological polar surface area (TPSA) is 39.2 Å². The number of alkyl halides is 3. The van der Waals surface area contributed by atoms with Crippen LogP contribution >= 0.6 is 34.2 Å². The Hall–Kier alpha value is -0.500. The SMILES string of the molecule is COC(=O)Cc1cc(C(F)F)nc(CCl)c1I. The maximum absolute atomic E-state index is 12.6. The van der Waals surface area contributed by atoms with Crippen molar-refractivity contribution in [1.29, 1.82) is 0 Å². The molecule has 17 heavy (non-hydrogen) atoms. The average molecular weight is 376 g/mol. The number of aromatic nitrogens is 1. The van der Waals surface area contributed by atoms with E-state index in [9.17, 15) is 13.6 Å². The number of hydrogen-bond acceptors (Lipinski definition) is 3. The van der Waals surface area contributed by atoms with Gasteiger partial charge in [0.05, 0.1) is 25.1 Å². The zero-order chi connectivity index (χ0) is 13.0. The van der Waals surface area contributed by atoms with Gasteiger partial charge in [0.25, 0.3) is 6.43 Å². The van der Waals surface area contributed by atoms with Crippen molar-refractivity contribution in [1.82, 2.24) is 4.98 Å². The lowest BCUT2D eigenvalue weighted by molar-refractivity contribution is -0.139. The minimum absolute atomic E-state index is 0.0208. The van der Waals surface area contributed by atoms with Crippen molar-refractivity contribution in [2.45, 2.75) is 18.7 Å². The Morgan fingerprint density at radius 2 is 2.29 bits per heavy atom. The van der Waals surface area contributed by atoms with Crippen LogP contribution in [0.3, 0.4) is 0 Å². The Bertz CT molecular complexity index is 429. The van der Waals surface area contributed by atoms with Crippen molar-refractivity contribution < 1.29 is 18.3 Å². The Kier molecular flexibility index (Phi) is 5.51. The minimum Gasteiger partial charge on any atom is -0.469 e. The van der Waals surface area contributed by atoms with E-state index in [2.05, 4.69) is 9.72 Å². The molecule has 0 saturated heterocycles. The van der Waals surface area contributed by atoms with E-state index in [0.717, 1.165) is 0 Å². The summed E-state index contributed by atoms with van der Waals surface area (Å²) < 4.78 is 30.3. The summed E-state index contributed by atoms with van der Waals surface area (Å²) in [6.07, 6.45) is -2.76. The van der Waals surface area contributed by atoms with Crippen LogP contribution in [-0.4, -0.2) is 18.1 Å². The molecule has 1 aromatic rings. The fourth-order valence-electron chi connectivity index (χ4n) is 1.22. The van der Waals surface area contributed by atoms with E-state index in [1.807, 2.05) is 22.6 Å². The van der Waals surface area contributed by atoms with E-state index < -0.39 is 12.4 Å². The zero-order valence-corrected chi connectivity index (χ0v) is 11.8.